The first kappa shape index (κ1) is 23.5. The Labute approximate surface area is 209 Å². The van der Waals surface area contributed by atoms with Crippen LogP contribution < -0.4 is 9.64 Å². The molecule has 2 unspecified atom stereocenters. The van der Waals surface area contributed by atoms with Crippen LogP contribution in [0.4, 0.5) is 5.95 Å². The van der Waals surface area contributed by atoms with E-state index in [0.717, 1.165) is 17.0 Å². The van der Waals surface area contributed by atoms with Crippen LogP contribution in [-0.2, 0) is 0 Å². The molecule has 9 heteroatoms. The molecule has 3 aromatic rings. The Hall–Kier alpha value is -3.20. The second kappa shape index (κ2) is 10.2. The highest BCUT2D eigenvalue weighted by Gasteiger charge is 2.38. The van der Waals surface area contributed by atoms with Gasteiger partial charge >= 0.3 is 0 Å². The van der Waals surface area contributed by atoms with Crippen molar-refractivity contribution < 1.29 is 14.6 Å². The molecule has 35 heavy (non-hydrogen) atoms. The van der Waals surface area contributed by atoms with E-state index in [1.165, 1.54) is 0 Å². The number of nitrogens with zero attached hydrogens (tertiary/aromatic N) is 5. The number of benzene rings is 2. The predicted molar refractivity (Wildman–Crippen MR) is 135 cm³/mol. The van der Waals surface area contributed by atoms with E-state index in [9.17, 15) is 9.90 Å². The molecule has 2 atom stereocenters. The van der Waals surface area contributed by atoms with Crippen LogP contribution in [0.3, 0.4) is 0 Å². The number of piperazine rings is 1. The van der Waals surface area contributed by atoms with Crippen LogP contribution in [0, 0.1) is 0 Å². The van der Waals surface area contributed by atoms with Gasteiger partial charge in [0.1, 0.15) is 5.75 Å². The quantitative estimate of drug-likeness (QED) is 0.585. The Morgan fingerprint density at radius 3 is 2.40 bits per heavy atom. The molecule has 3 heterocycles. The molecule has 182 valence electrons. The van der Waals surface area contributed by atoms with Crippen molar-refractivity contribution in [3.63, 3.8) is 0 Å². The van der Waals surface area contributed by atoms with Crippen molar-refractivity contribution in [3.8, 4) is 17.0 Å². The summed E-state index contributed by atoms with van der Waals surface area (Å²) >= 11 is 5.94. The summed E-state index contributed by atoms with van der Waals surface area (Å²) in [5.74, 6) is 1.42. The number of anilines is 1. The zero-order valence-corrected chi connectivity index (χ0v) is 20.3. The van der Waals surface area contributed by atoms with Crippen LogP contribution in [0.5, 0.6) is 5.75 Å². The molecule has 0 spiro atoms. The second-order valence-corrected chi connectivity index (χ2v) is 9.28. The molecular weight excluding hydrogens is 466 g/mol. The molecule has 0 bridgehead atoms. The first-order chi connectivity index (χ1) is 17.0. The summed E-state index contributed by atoms with van der Waals surface area (Å²) < 4.78 is 5.24. The Morgan fingerprint density at radius 2 is 1.71 bits per heavy atom. The van der Waals surface area contributed by atoms with Crippen molar-refractivity contribution in [1.82, 2.24) is 19.8 Å². The van der Waals surface area contributed by atoms with Crippen molar-refractivity contribution in [2.24, 2.45) is 0 Å². The number of hydrogen-bond acceptors (Lipinski definition) is 7. The van der Waals surface area contributed by atoms with E-state index in [0.29, 0.717) is 55.8 Å². The van der Waals surface area contributed by atoms with Crippen LogP contribution in [-0.4, -0.2) is 89.3 Å². The fourth-order valence-electron chi connectivity index (χ4n) is 4.75. The summed E-state index contributed by atoms with van der Waals surface area (Å²) in [6, 6.07) is 16.6. The van der Waals surface area contributed by atoms with E-state index in [-0.39, 0.29) is 11.9 Å². The molecular formula is C26H28ClN5O3. The molecule has 2 saturated heterocycles. The fraction of sp³-hybridized carbons (Fsp3) is 0.346. The highest BCUT2D eigenvalue weighted by molar-refractivity contribution is 6.30. The number of aromatic nitrogens is 2. The van der Waals surface area contributed by atoms with Crippen LogP contribution in [0.25, 0.3) is 11.3 Å². The van der Waals surface area contributed by atoms with Gasteiger partial charge in [-0.1, -0.05) is 11.6 Å². The van der Waals surface area contributed by atoms with E-state index in [1.54, 1.807) is 37.6 Å². The lowest BCUT2D eigenvalue weighted by atomic mass is 10.1. The van der Waals surface area contributed by atoms with Crippen LogP contribution in [0.2, 0.25) is 5.02 Å². The molecule has 2 aromatic carbocycles. The minimum atomic E-state index is -0.512. The molecule has 2 fully saturated rings. The molecule has 0 radical (unpaired) electrons. The largest absolute Gasteiger partial charge is 0.497 e. The zero-order chi connectivity index (χ0) is 24.4. The van der Waals surface area contributed by atoms with E-state index in [2.05, 4.69) is 9.88 Å². The smallest absolute Gasteiger partial charge is 0.253 e. The predicted octanol–water partition coefficient (Wildman–Crippen LogP) is 2.81. The number of aliphatic hydroxyl groups excluding tert-OH is 1. The van der Waals surface area contributed by atoms with Crippen molar-refractivity contribution in [2.75, 3.05) is 51.3 Å². The number of ether oxygens (including phenoxy) is 1. The molecule has 1 aromatic heterocycles. The molecule has 1 N–H and O–H groups in total. The van der Waals surface area contributed by atoms with Gasteiger partial charge in [-0.3, -0.25) is 9.69 Å². The van der Waals surface area contributed by atoms with E-state index < -0.39 is 6.10 Å². The van der Waals surface area contributed by atoms with E-state index in [4.69, 9.17) is 21.3 Å². The zero-order valence-electron chi connectivity index (χ0n) is 19.5. The molecule has 0 saturated carbocycles. The van der Waals surface area contributed by atoms with Crippen molar-refractivity contribution in [2.45, 2.75) is 12.1 Å². The molecule has 8 nitrogen and oxygen atoms in total. The molecule has 5 rings (SSSR count). The summed E-state index contributed by atoms with van der Waals surface area (Å²) in [5, 5.41) is 11.5. The van der Waals surface area contributed by atoms with Gasteiger partial charge in [0.25, 0.3) is 5.91 Å². The maximum atomic E-state index is 12.8. The van der Waals surface area contributed by atoms with Gasteiger partial charge in [-0.25, -0.2) is 9.97 Å². The number of hydrogen-bond donors (Lipinski definition) is 1. The van der Waals surface area contributed by atoms with Gasteiger partial charge in [0.15, 0.2) is 0 Å². The van der Waals surface area contributed by atoms with Crippen LogP contribution in [0.1, 0.15) is 10.4 Å². The third-order valence-corrected chi connectivity index (χ3v) is 6.98. The number of rotatable bonds is 5. The Balaban J connectivity index is 1.21. The van der Waals surface area contributed by atoms with Crippen molar-refractivity contribution in [3.05, 3.63) is 71.4 Å². The average molecular weight is 494 g/mol. The molecule has 2 aliphatic heterocycles. The number of β-amino-alcohol motifs (C(OH)–C–C–N with tert-alkyl or cyclic N) is 1. The highest BCUT2D eigenvalue weighted by atomic mass is 35.5. The topological polar surface area (TPSA) is 82.0 Å². The average Bonchev–Trinajstić information content (AvgIpc) is 3.30. The van der Waals surface area contributed by atoms with Crippen LogP contribution in [0.15, 0.2) is 60.8 Å². The monoisotopic (exact) mass is 493 g/mol. The molecule has 2 aliphatic rings. The number of amides is 1. The number of halogens is 1. The number of methoxy groups -OCH3 is 1. The van der Waals surface area contributed by atoms with Gasteiger partial charge in [0.05, 0.1) is 24.9 Å². The van der Waals surface area contributed by atoms with Crippen LogP contribution >= 0.6 is 11.6 Å². The van der Waals surface area contributed by atoms with Crippen molar-refractivity contribution in [1.29, 1.82) is 0 Å². The first-order valence-electron chi connectivity index (χ1n) is 11.7. The van der Waals surface area contributed by atoms with Gasteiger partial charge in [-0.05, 0) is 54.6 Å². The van der Waals surface area contributed by atoms with E-state index in [1.807, 2.05) is 40.1 Å². The number of carbonyl (C=O) groups excluding carboxylic acids is 1. The van der Waals surface area contributed by atoms with Gasteiger partial charge < -0.3 is 19.6 Å². The maximum Gasteiger partial charge on any atom is 0.253 e. The van der Waals surface area contributed by atoms with Gasteiger partial charge in [0, 0.05) is 61.6 Å². The number of aliphatic hydroxyl groups is 1. The minimum absolute atomic E-state index is 0.0126. The SMILES string of the molecule is COc1ccc(-c2ccnc(N3CC(O)C(N4CCN(C(=O)c5ccc(Cl)cc5)CC4)C3)n2)cc1. The summed E-state index contributed by atoms with van der Waals surface area (Å²) in [6.07, 6.45) is 1.24. The molecule has 1 amide bonds. The van der Waals surface area contributed by atoms with Gasteiger partial charge in [0.2, 0.25) is 5.95 Å². The lowest BCUT2D eigenvalue weighted by Gasteiger charge is -2.38. The Bertz CT molecular complexity index is 1170. The van der Waals surface area contributed by atoms with Gasteiger partial charge in [-0.2, -0.15) is 0 Å². The van der Waals surface area contributed by atoms with Gasteiger partial charge in [-0.15, -0.1) is 0 Å². The summed E-state index contributed by atoms with van der Waals surface area (Å²) in [7, 11) is 1.64. The lowest BCUT2D eigenvalue weighted by Crippen LogP contribution is -2.54. The summed E-state index contributed by atoms with van der Waals surface area (Å²) in [5.41, 5.74) is 2.45. The second-order valence-electron chi connectivity index (χ2n) is 8.85. The standard InChI is InChI=1S/C26H28ClN5O3/c1-35-21-8-4-18(5-9-21)22-10-11-28-26(29-22)32-16-23(24(33)17-32)30-12-14-31(15-13-30)25(34)19-2-6-20(27)7-3-19/h2-11,23-24,33H,12-17H2,1H3. The van der Waals surface area contributed by atoms with E-state index >= 15 is 0 Å². The maximum absolute atomic E-state index is 12.8. The summed E-state index contributed by atoms with van der Waals surface area (Å²) in [4.78, 5) is 28.2. The minimum Gasteiger partial charge on any atom is -0.497 e. The third-order valence-electron chi connectivity index (χ3n) is 6.73. The molecule has 0 aliphatic carbocycles. The fourth-order valence-corrected chi connectivity index (χ4v) is 4.87. The normalized spacial score (nSPS) is 20.8. The first-order valence-corrected chi connectivity index (χ1v) is 12.1. The Kier molecular flexibility index (Phi) is 6.86. The summed E-state index contributed by atoms with van der Waals surface area (Å²) in [6.45, 7) is 3.77. The highest BCUT2D eigenvalue weighted by Crippen LogP contribution is 2.26. The third kappa shape index (κ3) is 5.10. The van der Waals surface area contributed by atoms with Crippen molar-refractivity contribution >= 4 is 23.5 Å². The lowest BCUT2D eigenvalue weighted by molar-refractivity contribution is 0.0376. The Morgan fingerprint density at radius 1 is 1.00 bits per heavy atom. The number of carbonyl (C=O) groups is 1.